The molecule has 0 aliphatic rings. The number of amides is 1. The normalized spacial score (nSPS) is 13.0. The van der Waals surface area contributed by atoms with E-state index in [0.717, 1.165) is 10.3 Å². The van der Waals surface area contributed by atoms with Gasteiger partial charge in [-0.15, -0.1) is 11.3 Å². The average molecular weight is 435 g/mol. The highest BCUT2D eigenvalue weighted by Crippen LogP contribution is 2.36. The second-order valence-corrected chi connectivity index (χ2v) is 8.61. The van der Waals surface area contributed by atoms with Crippen molar-refractivity contribution < 1.29 is 18.7 Å². The summed E-state index contributed by atoms with van der Waals surface area (Å²) in [6, 6.07) is 20.7. The summed E-state index contributed by atoms with van der Waals surface area (Å²) >= 11 is 1.58. The highest BCUT2D eigenvalue weighted by molar-refractivity contribution is 7.10. The summed E-state index contributed by atoms with van der Waals surface area (Å²) in [6.45, 7) is 0.418. The van der Waals surface area contributed by atoms with E-state index in [1.165, 1.54) is 4.90 Å². The van der Waals surface area contributed by atoms with Gasteiger partial charge in [-0.2, -0.15) is 0 Å². The molecule has 0 bridgehead atoms. The Kier molecular flexibility index (Phi) is 5.92. The quantitative estimate of drug-likeness (QED) is 0.365. The first-order chi connectivity index (χ1) is 14.5. The Morgan fingerprint density at radius 3 is 2.70 bits per heavy atom. The summed E-state index contributed by atoms with van der Waals surface area (Å²) < 4.78 is 17.4. The van der Waals surface area contributed by atoms with Gasteiger partial charge >= 0.3 is 6.09 Å². The minimum absolute atomic E-state index is 0.418. The van der Waals surface area contributed by atoms with Crippen molar-refractivity contribution in [2.24, 2.45) is 0 Å². The predicted molar refractivity (Wildman–Crippen MR) is 118 cm³/mol. The third kappa shape index (κ3) is 4.42. The van der Waals surface area contributed by atoms with E-state index in [4.69, 9.17) is 13.9 Å². The number of carbonyl (C=O) groups excluding carboxylic acids is 1. The van der Waals surface area contributed by atoms with E-state index in [2.05, 4.69) is 10.2 Å². The van der Waals surface area contributed by atoms with Crippen molar-refractivity contribution in [2.45, 2.75) is 11.6 Å². The van der Waals surface area contributed by atoms with Gasteiger partial charge in [0, 0.05) is 30.3 Å². The lowest BCUT2D eigenvalue weighted by Gasteiger charge is -2.31. The van der Waals surface area contributed by atoms with E-state index in [1.807, 2.05) is 60.0 Å². The molecule has 1 amide bonds. The maximum atomic E-state index is 12.4. The third-order valence-electron chi connectivity index (χ3n) is 4.71. The fourth-order valence-electron chi connectivity index (χ4n) is 3.05. The van der Waals surface area contributed by atoms with Gasteiger partial charge < -0.3 is 18.8 Å². The number of hydrogen-bond acceptors (Lipinski definition) is 5. The molecule has 5 nitrogen and oxygen atoms in total. The number of para-hydroxylation sites is 2. The van der Waals surface area contributed by atoms with Crippen LogP contribution in [0.15, 0.2) is 82.8 Å². The lowest BCUT2D eigenvalue weighted by Crippen LogP contribution is -2.39. The van der Waals surface area contributed by atoms with E-state index in [0.29, 0.717) is 30.0 Å². The first kappa shape index (κ1) is 20.2. The van der Waals surface area contributed by atoms with Crippen molar-refractivity contribution >= 4 is 38.6 Å². The van der Waals surface area contributed by atoms with Crippen LogP contribution >= 0.6 is 11.3 Å². The Morgan fingerprint density at radius 2 is 1.93 bits per heavy atom. The van der Waals surface area contributed by atoms with Gasteiger partial charge in [0.2, 0.25) is 0 Å². The molecular weight excluding hydrogens is 414 g/mol. The monoisotopic (exact) mass is 434 g/mol. The van der Waals surface area contributed by atoms with Crippen molar-refractivity contribution in [1.29, 1.82) is 0 Å². The van der Waals surface area contributed by atoms with E-state index in [9.17, 15) is 4.79 Å². The van der Waals surface area contributed by atoms with Crippen LogP contribution in [0.3, 0.4) is 0 Å². The Balaban J connectivity index is 1.50. The van der Waals surface area contributed by atoms with Crippen LogP contribution in [0.25, 0.3) is 11.0 Å². The van der Waals surface area contributed by atoms with Crippen LogP contribution in [0.2, 0.25) is 0 Å². The molecule has 2 aromatic heterocycles. The largest absolute Gasteiger partial charge is 0.483 e. The molecule has 0 N–H and O–H groups in total. The zero-order valence-corrected chi connectivity index (χ0v) is 18.2. The summed E-state index contributed by atoms with van der Waals surface area (Å²) in [5.41, 5.74) is 0.688. The van der Waals surface area contributed by atoms with Crippen molar-refractivity contribution in [3.05, 3.63) is 83.3 Å². The van der Waals surface area contributed by atoms with Crippen LogP contribution in [-0.2, 0) is 5.22 Å². The van der Waals surface area contributed by atoms with Crippen molar-refractivity contribution in [3.63, 3.8) is 0 Å². The van der Waals surface area contributed by atoms with Crippen LogP contribution < -0.4 is 9.47 Å². The van der Waals surface area contributed by atoms with Gasteiger partial charge in [0.25, 0.3) is 0 Å². The van der Waals surface area contributed by atoms with Crippen molar-refractivity contribution in [1.82, 2.24) is 4.90 Å². The van der Waals surface area contributed by atoms with Crippen LogP contribution in [-0.4, -0.2) is 34.8 Å². The summed E-state index contributed by atoms with van der Waals surface area (Å²) in [7, 11) is 5.57. The summed E-state index contributed by atoms with van der Waals surface area (Å²) in [5, 5.41) is 2.14. The number of thiophene rings is 1. The van der Waals surface area contributed by atoms with Gasteiger partial charge in [-0.25, -0.2) is 4.79 Å². The van der Waals surface area contributed by atoms with E-state index >= 15 is 0 Å². The molecule has 0 saturated heterocycles. The Hall–Kier alpha value is -3.03. The van der Waals surface area contributed by atoms with Gasteiger partial charge in [-0.05, 0) is 35.7 Å². The molecular formula is C23H20NO4SSi. The van der Waals surface area contributed by atoms with E-state index in [-0.39, 0.29) is 0 Å². The third-order valence-corrected chi connectivity index (χ3v) is 6.52. The SMILES string of the molecule is CN(CC[C@@]([Si])(Oc1cccc2ccoc12)c1cccs1)C(=O)Oc1ccccc1. The van der Waals surface area contributed by atoms with E-state index < -0.39 is 11.3 Å². The molecule has 2 heterocycles. The molecule has 4 rings (SSSR count). The van der Waals surface area contributed by atoms with Crippen LogP contribution in [0.4, 0.5) is 4.79 Å². The molecule has 0 aliphatic carbocycles. The molecule has 0 fully saturated rings. The standard InChI is InChI=1S/C23H20NO4SSi/c1-24(22(25)27-18-8-3-2-4-9-18)14-13-23(30,20-11-6-16-29-20)28-19-10-5-7-17-12-15-26-21(17)19/h2-12,15-16H,13-14H2,1H3/t23-/m0/s1. The highest BCUT2D eigenvalue weighted by atomic mass is 32.1. The molecule has 2 aromatic carbocycles. The Morgan fingerprint density at radius 1 is 1.10 bits per heavy atom. The smallest absolute Gasteiger partial charge is 0.414 e. The van der Waals surface area contributed by atoms with Gasteiger partial charge in [-0.3, -0.25) is 0 Å². The second kappa shape index (κ2) is 8.77. The zero-order chi connectivity index (χ0) is 21.0. The topological polar surface area (TPSA) is 51.9 Å². The minimum atomic E-state index is -0.823. The Bertz CT molecular complexity index is 1110. The second-order valence-electron chi connectivity index (χ2n) is 6.85. The summed E-state index contributed by atoms with van der Waals surface area (Å²) in [6.07, 6.45) is 1.72. The maximum Gasteiger partial charge on any atom is 0.414 e. The first-order valence-electron chi connectivity index (χ1n) is 9.47. The number of carbonyl (C=O) groups is 1. The minimum Gasteiger partial charge on any atom is -0.483 e. The van der Waals surface area contributed by atoms with Crippen molar-refractivity contribution in [2.75, 3.05) is 13.6 Å². The molecule has 151 valence electrons. The number of furan rings is 1. The molecule has 0 unspecified atom stereocenters. The molecule has 30 heavy (non-hydrogen) atoms. The molecule has 7 heteroatoms. The number of fused-ring (bicyclic) bond motifs is 1. The summed E-state index contributed by atoms with van der Waals surface area (Å²) in [4.78, 5) is 15.0. The van der Waals surface area contributed by atoms with Crippen LogP contribution in [0.1, 0.15) is 11.3 Å². The fraction of sp³-hybridized carbons (Fsp3) is 0.174. The number of benzene rings is 2. The Labute approximate surface area is 182 Å². The highest BCUT2D eigenvalue weighted by Gasteiger charge is 2.32. The first-order valence-corrected chi connectivity index (χ1v) is 10.9. The molecule has 0 spiro atoms. The van der Waals surface area contributed by atoms with Crippen LogP contribution in [0.5, 0.6) is 11.5 Å². The van der Waals surface area contributed by atoms with E-state index in [1.54, 1.807) is 36.8 Å². The number of nitrogens with zero attached hydrogens (tertiary/aromatic N) is 1. The van der Waals surface area contributed by atoms with Gasteiger partial charge in [0.1, 0.15) is 11.0 Å². The van der Waals surface area contributed by atoms with Gasteiger partial charge in [-0.1, -0.05) is 36.4 Å². The fourth-order valence-corrected chi connectivity index (χ4v) is 4.33. The number of rotatable bonds is 7. The molecule has 4 aromatic rings. The molecule has 3 radical (unpaired) electrons. The number of ether oxygens (including phenoxy) is 2. The van der Waals surface area contributed by atoms with Gasteiger partial charge in [0.05, 0.1) is 16.5 Å². The summed E-state index contributed by atoms with van der Waals surface area (Å²) in [5.74, 6) is 1.15. The van der Waals surface area contributed by atoms with Gasteiger partial charge in [0.15, 0.2) is 11.3 Å². The average Bonchev–Trinajstić information content (AvgIpc) is 3.45. The molecule has 0 aliphatic heterocycles. The van der Waals surface area contributed by atoms with Crippen LogP contribution in [0, 0.1) is 0 Å². The zero-order valence-electron chi connectivity index (χ0n) is 16.4. The lowest BCUT2D eigenvalue weighted by molar-refractivity contribution is 0.124. The predicted octanol–water partition coefficient (Wildman–Crippen LogP) is 5.42. The molecule has 1 atom stereocenters. The van der Waals surface area contributed by atoms with Crippen molar-refractivity contribution in [3.8, 4) is 11.5 Å². The maximum absolute atomic E-state index is 12.4. The lowest BCUT2D eigenvalue weighted by atomic mass is 10.1. The number of hydrogen-bond donors (Lipinski definition) is 0. The molecule has 0 saturated carbocycles.